The van der Waals surface area contributed by atoms with Gasteiger partial charge in [-0.15, -0.1) is 0 Å². The fraction of sp³-hybridized carbons (Fsp3) is 0.500. The highest BCUT2D eigenvalue weighted by atomic mass is 16.6. The van der Waals surface area contributed by atoms with Crippen LogP contribution in [0.1, 0.15) is 50.2 Å². The summed E-state index contributed by atoms with van der Waals surface area (Å²) >= 11 is 0. The summed E-state index contributed by atoms with van der Waals surface area (Å²) in [4.78, 5) is 14.9. The van der Waals surface area contributed by atoms with E-state index in [0.717, 1.165) is 43.7 Å². The second-order valence-electron chi connectivity index (χ2n) is 9.11. The van der Waals surface area contributed by atoms with Crippen LogP contribution < -0.4 is 5.32 Å². The number of hydrogen-bond acceptors (Lipinski definition) is 4. The molecule has 1 N–H and O–H groups in total. The van der Waals surface area contributed by atoms with Gasteiger partial charge in [0.15, 0.2) is 0 Å². The van der Waals surface area contributed by atoms with Crippen LogP contribution in [-0.4, -0.2) is 48.8 Å². The maximum Gasteiger partial charge on any atom is 0.238 e. The van der Waals surface area contributed by atoms with Crippen LogP contribution in [0.25, 0.3) is 0 Å². The molecule has 2 fully saturated rings. The lowest BCUT2D eigenvalue weighted by Gasteiger charge is -2.44. The van der Waals surface area contributed by atoms with Gasteiger partial charge in [-0.05, 0) is 48.4 Å². The Hall–Kier alpha value is -2.21. The van der Waals surface area contributed by atoms with Crippen LogP contribution in [0.2, 0.25) is 0 Å². The summed E-state index contributed by atoms with van der Waals surface area (Å²) in [7, 11) is 0. The van der Waals surface area contributed by atoms with E-state index in [-0.39, 0.29) is 17.6 Å². The molecule has 0 bridgehead atoms. The number of carbonyl (C=O) groups excluding carboxylic acids is 1. The Morgan fingerprint density at radius 2 is 1.94 bits per heavy atom. The van der Waals surface area contributed by atoms with Gasteiger partial charge in [0.25, 0.3) is 0 Å². The minimum atomic E-state index is -0.200. The number of amides is 1. The number of nitrogens with one attached hydrogen (secondary N) is 1. The molecule has 2 unspecified atom stereocenters. The quantitative estimate of drug-likeness (QED) is 0.709. The fourth-order valence-corrected chi connectivity index (χ4v) is 4.64. The van der Waals surface area contributed by atoms with Crippen molar-refractivity contribution in [1.29, 1.82) is 0 Å². The number of ether oxygens (including phenoxy) is 2. The van der Waals surface area contributed by atoms with Crippen LogP contribution in [0.15, 0.2) is 54.6 Å². The standard InChI is InChI=1S/C26H34N2O3/c1-20(2)22-9-11-23(12-10-22)27-25(29)18-28-15-14-26(13-6-16-31-26)24(17-28)30-19-21-7-4-3-5-8-21/h3-5,7-12,20,24H,6,13-19H2,1-2H3,(H,27,29). The second kappa shape index (κ2) is 9.94. The molecule has 2 aliphatic heterocycles. The van der Waals surface area contributed by atoms with Crippen LogP contribution in [0.5, 0.6) is 0 Å². The van der Waals surface area contributed by atoms with E-state index in [1.807, 2.05) is 30.3 Å². The van der Waals surface area contributed by atoms with Crippen molar-refractivity contribution in [2.45, 2.75) is 57.3 Å². The van der Waals surface area contributed by atoms with Crippen LogP contribution in [0.3, 0.4) is 0 Å². The first kappa shape index (κ1) is 22.0. The maximum atomic E-state index is 12.7. The summed E-state index contributed by atoms with van der Waals surface area (Å²) in [6, 6.07) is 18.4. The molecule has 31 heavy (non-hydrogen) atoms. The van der Waals surface area contributed by atoms with E-state index in [2.05, 4.69) is 48.3 Å². The highest BCUT2D eigenvalue weighted by Gasteiger charge is 2.47. The van der Waals surface area contributed by atoms with Gasteiger partial charge in [0, 0.05) is 25.4 Å². The Bertz CT molecular complexity index is 845. The van der Waals surface area contributed by atoms with Crippen molar-refractivity contribution >= 4 is 11.6 Å². The molecule has 2 atom stereocenters. The predicted molar refractivity (Wildman–Crippen MR) is 123 cm³/mol. The summed E-state index contributed by atoms with van der Waals surface area (Å²) in [6.07, 6.45) is 3.00. The van der Waals surface area contributed by atoms with Crippen molar-refractivity contribution in [3.63, 3.8) is 0 Å². The molecule has 1 amide bonds. The number of nitrogens with zero attached hydrogens (tertiary/aromatic N) is 1. The molecule has 2 heterocycles. The van der Waals surface area contributed by atoms with Crippen LogP contribution in [0, 0.1) is 0 Å². The second-order valence-corrected chi connectivity index (χ2v) is 9.11. The van der Waals surface area contributed by atoms with Gasteiger partial charge in [-0.3, -0.25) is 9.69 Å². The molecular weight excluding hydrogens is 388 g/mol. The Labute approximate surface area is 185 Å². The minimum Gasteiger partial charge on any atom is -0.372 e. The number of piperidine rings is 1. The highest BCUT2D eigenvalue weighted by Crippen LogP contribution is 2.38. The van der Waals surface area contributed by atoms with Gasteiger partial charge < -0.3 is 14.8 Å². The molecule has 166 valence electrons. The first-order chi connectivity index (χ1) is 15.0. The van der Waals surface area contributed by atoms with Crippen molar-refractivity contribution in [2.75, 3.05) is 31.6 Å². The lowest BCUT2D eigenvalue weighted by Crippen LogP contribution is -2.57. The molecule has 0 aromatic heterocycles. The fourth-order valence-electron chi connectivity index (χ4n) is 4.64. The highest BCUT2D eigenvalue weighted by molar-refractivity contribution is 5.92. The molecule has 5 heteroatoms. The van der Waals surface area contributed by atoms with Crippen LogP contribution >= 0.6 is 0 Å². The molecule has 0 radical (unpaired) electrons. The zero-order chi connectivity index (χ0) is 21.7. The van der Waals surface area contributed by atoms with Crippen molar-refractivity contribution in [1.82, 2.24) is 4.90 Å². The first-order valence-electron chi connectivity index (χ1n) is 11.5. The summed E-state index contributed by atoms with van der Waals surface area (Å²) in [6.45, 7) is 7.64. The van der Waals surface area contributed by atoms with Gasteiger partial charge >= 0.3 is 0 Å². The molecule has 5 nitrogen and oxygen atoms in total. The van der Waals surface area contributed by atoms with Gasteiger partial charge in [0.2, 0.25) is 5.91 Å². The third kappa shape index (κ3) is 5.53. The monoisotopic (exact) mass is 422 g/mol. The number of hydrogen-bond donors (Lipinski definition) is 1. The topological polar surface area (TPSA) is 50.8 Å². The van der Waals surface area contributed by atoms with E-state index in [4.69, 9.17) is 9.47 Å². The molecule has 2 aliphatic rings. The molecule has 2 saturated heterocycles. The maximum absolute atomic E-state index is 12.7. The zero-order valence-electron chi connectivity index (χ0n) is 18.7. The van der Waals surface area contributed by atoms with E-state index in [1.54, 1.807) is 0 Å². The first-order valence-corrected chi connectivity index (χ1v) is 11.5. The van der Waals surface area contributed by atoms with E-state index in [9.17, 15) is 4.79 Å². The van der Waals surface area contributed by atoms with Gasteiger partial charge in [0.1, 0.15) is 0 Å². The van der Waals surface area contributed by atoms with Gasteiger partial charge in [0.05, 0.1) is 24.9 Å². The number of anilines is 1. The molecule has 0 aliphatic carbocycles. The number of rotatable bonds is 7. The lowest BCUT2D eigenvalue weighted by molar-refractivity contribution is -0.159. The van der Waals surface area contributed by atoms with E-state index in [0.29, 0.717) is 25.6 Å². The van der Waals surface area contributed by atoms with E-state index in [1.165, 1.54) is 5.56 Å². The van der Waals surface area contributed by atoms with Crippen molar-refractivity contribution in [2.24, 2.45) is 0 Å². The summed E-state index contributed by atoms with van der Waals surface area (Å²) in [5.41, 5.74) is 3.08. The van der Waals surface area contributed by atoms with Gasteiger partial charge in [-0.1, -0.05) is 56.3 Å². The largest absolute Gasteiger partial charge is 0.372 e. The van der Waals surface area contributed by atoms with Crippen molar-refractivity contribution in [3.8, 4) is 0 Å². The predicted octanol–water partition coefficient (Wildman–Crippen LogP) is 4.59. The molecular formula is C26H34N2O3. The third-order valence-electron chi connectivity index (χ3n) is 6.52. The normalized spacial score (nSPS) is 24.0. The Morgan fingerprint density at radius 3 is 2.61 bits per heavy atom. The molecule has 1 spiro atoms. The van der Waals surface area contributed by atoms with Gasteiger partial charge in [-0.2, -0.15) is 0 Å². The smallest absolute Gasteiger partial charge is 0.238 e. The van der Waals surface area contributed by atoms with E-state index >= 15 is 0 Å². The molecule has 2 aromatic carbocycles. The van der Waals surface area contributed by atoms with Crippen molar-refractivity contribution in [3.05, 3.63) is 65.7 Å². The van der Waals surface area contributed by atoms with Crippen LogP contribution in [-0.2, 0) is 20.9 Å². The number of likely N-dealkylation sites (tertiary alicyclic amines) is 1. The SMILES string of the molecule is CC(C)c1ccc(NC(=O)CN2CCC3(CCCO3)C(OCc3ccccc3)C2)cc1. The Kier molecular flexibility index (Phi) is 7.06. The zero-order valence-corrected chi connectivity index (χ0v) is 18.7. The third-order valence-corrected chi connectivity index (χ3v) is 6.52. The molecule has 2 aromatic rings. The summed E-state index contributed by atoms with van der Waals surface area (Å²) < 4.78 is 12.6. The molecule has 4 rings (SSSR count). The Balaban J connectivity index is 1.34. The van der Waals surface area contributed by atoms with Gasteiger partial charge in [-0.25, -0.2) is 0 Å². The number of benzene rings is 2. The van der Waals surface area contributed by atoms with Crippen LogP contribution in [0.4, 0.5) is 5.69 Å². The van der Waals surface area contributed by atoms with Crippen molar-refractivity contribution < 1.29 is 14.3 Å². The number of carbonyl (C=O) groups is 1. The lowest BCUT2D eigenvalue weighted by atomic mass is 9.85. The summed E-state index contributed by atoms with van der Waals surface area (Å²) in [5.74, 6) is 0.499. The molecule has 0 saturated carbocycles. The minimum absolute atomic E-state index is 0.0161. The average molecular weight is 423 g/mol. The summed E-state index contributed by atoms with van der Waals surface area (Å²) in [5, 5.41) is 3.04. The average Bonchev–Trinajstić information content (AvgIpc) is 3.24. The Morgan fingerprint density at radius 1 is 1.16 bits per heavy atom. The van der Waals surface area contributed by atoms with E-state index < -0.39 is 0 Å².